The zero-order valence-corrected chi connectivity index (χ0v) is 14.3. The highest BCUT2D eigenvalue weighted by Gasteiger charge is 2.23. The molecule has 2 aromatic rings. The number of pyridine rings is 1. The molecule has 2 N–H and O–H groups in total. The number of nitrogens with one attached hydrogen (secondary N) is 2. The van der Waals surface area contributed by atoms with Crippen LogP contribution in [0.3, 0.4) is 0 Å². The molecule has 2 heterocycles. The Balaban J connectivity index is 1.86. The van der Waals surface area contributed by atoms with E-state index in [0.29, 0.717) is 12.1 Å². The number of carbonyl (C=O) groups excluding carboxylic acids is 2. The first-order chi connectivity index (χ1) is 12.2. The smallest absolute Gasteiger partial charge is 0.287 e. The number of aromatic nitrogens is 2. The molecule has 3 rings (SSSR count). The maximum atomic E-state index is 12.7. The first-order valence-electron chi connectivity index (χ1n) is 8.87. The van der Waals surface area contributed by atoms with Gasteiger partial charge < -0.3 is 10.6 Å². The first kappa shape index (κ1) is 17.2. The molecule has 0 aromatic carbocycles. The predicted octanol–water partition coefficient (Wildman–Crippen LogP) is 2.70. The molecular formula is C19H24N4O2. The fourth-order valence-electron chi connectivity index (χ4n) is 3.29. The molecular weight excluding hydrogens is 316 g/mol. The lowest BCUT2D eigenvalue weighted by Gasteiger charge is -2.15. The Morgan fingerprint density at radius 1 is 1.20 bits per heavy atom. The molecule has 0 aliphatic heterocycles. The van der Waals surface area contributed by atoms with Crippen LogP contribution in [0.2, 0.25) is 0 Å². The molecule has 6 nitrogen and oxygen atoms in total. The Morgan fingerprint density at radius 2 is 1.96 bits per heavy atom. The van der Waals surface area contributed by atoms with Gasteiger partial charge in [0.1, 0.15) is 0 Å². The van der Waals surface area contributed by atoms with Crippen molar-refractivity contribution in [1.29, 1.82) is 0 Å². The Bertz CT molecular complexity index is 773. The van der Waals surface area contributed by atoms with Crippen molar-refractivity contribution in [3.8, 4) is 0 Å². The van der Waals surface area contributed by atoms with Crippen molar-refractivity contribution >= 4 is 17.3 Å². The minimum atomic E-state index is -0.308. The molecule has 6 heteroatoms. The molecule has 1 aliphatic rings. The van der Waals surface area contributed by atoms with Crippen molar-refractivity contribution in [3.05, 3.63) is 48.6 Å². The van der Waals surface area contributed by atoms with E-state index in [4.69, 9.17) is 0 Å². The van der Waals surface area contributed by atoms with E-state index >= 15 is 0 Å². The summed E-state index contributed by atoms with van der Waals surface area (Å²) in [4.78, 5) is 29.4. The zero-order chi connectivity index (χ0) is 17.6. The van der Waals surface area contributed by atoms with Crippen LogP contribution in [-0.4, -0.2) is 33.8 Å². The van der Waals surface area contributed by atoms with Crippen molar-refractivity contribution in [1.82, 2.24) is 20.0 Å². The van der Waals surface area contributed by atoms with Gasteiger partial charge in [-0.05, 0) is 25.0 Å². The van der Waals surface area contributed by atoms with Crippen LogP contribution in [0.15, 0.2) is 37.1 Å². The lowest BCUT2D eigenvalue weighted by Crippen LogP contribution is -2.35. The summed E-state index contributed by atoms with van der Waals surface area (Å²) >= 11 is 0. The Morgan fingerprint density at radius 3 is 2.68 bits per heavy atom. The molecule has 2 aromatic heterocycles. The second-order valence-electron chi connectivity index (χ2n) is 6.40. The topological polar surface area (TPSA) is 75.5 Å². The summed E-state index contributed by atoms with van der Waals surface area (Å²) in [6, 6.07) is 5.62. The van der Waals surface area contributed by atoms with E-state index in [0.717, 1.165) is 25.7 Å². The molecule has 2 amide bonds. The van der Waals surface area contributed by atoms with Crippen molar-refractivity contribution < 1.29 is 9.59 Å². The van der Waals surface area contributed by atoms with Gasteiger partial charge in [0.05, 0.1) is 5.52 Å². The molecule has 132 valence electrons. The fraction of sp³-hybridized carbons (Fsp3) is 0.421. The molecule has 0 unspecified atom stereocenters. The minimum absolute atomic E-state index is 0.184. The number of imidazole rings is 1. The highest BCUT2D eigenvalue weighted by molar-refractivity contribution is 6.02. The molecule has 0 atom stereocenters. The number of fused-ring (bicyclic) bond motifs is 1. The van der Waals surface area contributed by atoms with E-state index in [-0.39, 0.29) is 29.4 Å². The summed E-state index contributed by atoms with van der Waals surface area (Å²) in [5, 5.41) is 5.81. The van der Waals surface area contributed by atoms with Gasteiger partial charge >= 0.3 is 0 Å². The molecule has 0 bridgehead atoms. The Hall–Kier alpha value is -2.63. The second kappa shape index (κ2) is 7.96. The van der Waals surface area contributed by atoms with Gasteiger partial charge in [-0.3, -0.25) is 14.0 Å². The van der Waals surface area contributed by atoms with Crippen LogP contribution < -0.4 is 10.6 Å². The lowest BCUT2D eigenvalue weighted by molar-refractivity contribution is 0.0922. The van der Waals surface area contributed by atoms with Gasteiger partial charge in [0, 0.05) is 18.8 Å². The maximum absolute atomic E-state index is 12.7. The Labute approximate surface area is 147 Å². The molecule has 1 fully saturated rings. The van der Waals surface area contributed by atoms with Gasteiger partial charge in [-0.1, -0.05) is 37.8 Å². The number of nitrogens with zero attached hydrogens (tertiary/aromatic N) is 2. The van der Waals surface area contributed by atoms with Crippen molar-refractivity contribution in [2.45, 2.75) is 44.6 Å². The van der Waals surface area contributed by atoms with Gasteiger partial charge in [-0.2, -0.15) is 0 Å². The van der Waals surface area contributed by atoms with Crippen LogP contribution in [0.4, 0.5) is 0 Å². The van der Waals surface area contributed by atoms with Gasteiger partial charge in [0.25, 0.3) is 11.8 Å². The summed E-state index contributed by atoms with van der Waals surface area (Å²) in [5.41, 5.74) is 0.878. The quantitative estimate of drug-likeness (QED) is 0.649. The molecule has 0 saturated heterocycles. The molecule has 1 aliphatic carbocycles. The van der Waals surface area contributed by atoms with Crippen LogP contribution in [0, 0.1) is 0 Å². The van der Waals surface area contributed by atoms with E-state index in [1.807, 2.05) is 12.1 Å². The number of rotatable bonds is 5. The largest absolute Gasteiger partial charge is 0.347 e. The fourth-order valence-corrected chi connectivity index (χ4v) is 3.29. The number of carbonyl (C=O) groups is 2. The third kappa shape index (κ3) is 3.90. The molecule has 1 saturated carbocycles. The van der Waals surface area contributed by atoms with Crippen LogP contribution in [0.25, 0.3) is 5.52 Å². The van der Waals surface area contributed by atoms with Gasteiger partial charge in [0.15, 0.2) is 5.69 Å². The van der Waals surface area contributed by atoms with Crippen LogP contribution in [0.1, 0.15) is 59.6 Å². The lowest BCUT2D eigenvalue weighted by atomic mass is 10.1. The van der Waals surface area contributed by atoms with E-state index in [9.17, 15) is 9.59 Å². The summed E-state index contributed by atoms with van der Waals surface area (Å²) in [6.07, 6.45) is 10.1. The third-order valence-electron chi connectivity index (χ3n) is 4.56. The average Bonchev–Trinajstić information content (AvgIpc) is 2.83. The van der Waals surface area contributed by atoms with E-state index in [2.05, 4.69) is 22.2 Å². The monoisotopic (exact) mass is 340 g/mol. The number of amides is 2. The van der Waals surface area contributed by atoms with Crippen LogP contribution in [-0.2, 0) is 0 Å². The van der Waals surface area contributed by atoms with E-state index in [1.165, 1.54) is 12.8 Å². The Kier molecular flexibility index (Phi) is 5.48. The zero-order valence-electron chi connectivity index (χ0n) is 14.3. The highest BCUT2D eigenvalue weighted by atomic mass is 16.2. The number of hydrogen-bond acceptors (Lipinski definition) is 3. The average molecular weight is 340 g/mol. The molecule has 0 radical (unpaired) electrons. The van der Waals surface area contributed by atoms with Crippen molar-refractivity contribution in [2.75, 3.05) is 6.54 Å². The molecule has 0 spiro atoms. The summed E-state index contributed by atoms with van der Waals surface area (Å²) < 4.78 is 1.68. The normalized spacial score (nSPS) is 15.5. The van der Waals surface area contributed by atoms with E-state index in [1.54, 1.807) is 22.7 Å². The second-order valence-corrected chi connectivity index (χ2v) is 6.40. The standard InChI is InChI=1S/C19H24N4O2/c1-2-12-20-18(24)16-15-11-7-8-13-23(15)17(22-16)19(25)21-14-9-5-3-4-6-10-14/h2,7-8,11,13-14H,1,3-6,9-10,12H2,(H,20,24)(H,21,25). The maximum Gasteiger partial charge on any atom is 0.287 e. The summed E-state index contributed by atoms with van der Waals surface area (Å²) in [7, 11) is 0. The minimum Gasteiger partial charge on any atom is -0.347 e. The van der Waals surface area contributed by atoms with Gasteiger partial charge in [-0.15, -0.1) is 6.58 Å². The van der Waals surface area contributed by atoms with Crippen molar-refractivity contribution in [3.63, 3.8) is 0 Å². The summed E-state index contributed by atoms with van der Waals surface area (Å²) in [6.45, 7) is 3.95. The van der Waals surface area contributed by atoms with Crippen LogP contribution in [0.5, 0.6) is 0 Å². The van der Waals surface area contributed by atoms with Gasteiger partial charge in [-0.25, -0.2) is 4.98 Å². The number of hydrogen-bond donors (Lipinski definition) is 2. The SMILES string of the molecule is C=CCNC(=O)c1nc(C(=O)NC2CCCCCC2)n2ccccc12. The van der Waals surface area contributed by atoms with Crippen molar-refractivity contribution in [2.24, 2.45) is 0 Å². The predicted molar refractivity (Wildman–Crippen MR) is 96.7 cm³/mol. The summed E-state index contributed by atoms with van der Waals surface area (Å²) in [5.74, 6) is -0.281. The first-order valence-corrected chi connectivity index (χ1v) is 8.87. The molecule has 25 heavy (non-hydrogen) atoms. The van der Waals surface area contributed by atoms with Gasteiger partial charge in [0.2, 0.25) is 5.82 Å². The highest BCUT2D eigenvalue weighted by Crippen LogP contribution is 2.18. The third-order valence-corrected chi connectivity index (χ3v) is 4.56. The van der Waals surface area contributed by atoms with Crippen LogP contribution >= 0.6 is 0 Å². The van der Waals surface area contributed by atoms with E-state index < -0.39 is 0 Å².